The van der Waals surface area contributed by atoms with E-state index in [1.807, 2.05) is 30.5 Å². The number of carbonyl (C=O) groups excluding carboxylic acids is 1. The molecule has 7 nitrogen and oxygen atoms in total. The molecule has 3 rings (SSSR count). The Hall–Kier alpha value is -3.22. The molecule has 1 amide bonds. The molecule has 7 heteroatoms. The van der Waals surface area contributed by atoms with Gasteiger partial charge in [0, 0.05) is 43.3 Å². The van der Waals surface area contributed by atoms with Gasteiger partial charge in [-0.3, -0.25) is 9.48 Å². The predicted octanol–water partition coefficient (Wildman–Crippen LogP) is 1.51. The summed E-state index contributed by atoms with van der Waals surface area (Å²) >= 11 is 0. The fourth-order valence-corrected chi connectivity index (χ4v) is 3.01. The number of benzene rings is 1. The van der Waals surface area contributed by atoms with Crippen molar-refractivity contribution in [3.05, 3.63) is 71.8 Å². The van der Waals surface area contributed by atoms with E-state index in [1.165, 1.54) is 12.8 Å². The number of nitrogens with one attached hydrogen (secondary N) is 1. The minimum atomic E-state index is -0.135. The molecule has 0 unspecified atom stereocenters. The van der Waals surface area contributed by atoms with Crippen LogP contribution in [0.5, 0.6) is 0 Å². The summed E-state index contributed by atoms with van der Waals surface area (Å²) in [6, 6.07) is 9.12. The zero-order chi connectivity index (χ0) is 19.1. The maximum Gasteiger partial charge on any atom is 0.251 e. The van der Waals surface area contributed by atoms with E-state index in [1.54, 1.807) is 29.1 Å². The van der Waals surface area contributed by atoms with Gasteiger partial charge in [0.05, 0.1) is 12.4 Å². The average Bonchev–Trinajstić information content (AvgIpc) is 3.40. The molecule has 5 N–H and O–H groups in total. The number of amides is 1. The molecule has 1 aliphatic rings. The maximum absolute atomic E-state index is 12.3. The molecule has 27 heavy (non-hydrogen) atoms. The van der Waals surface area contributed by atoms with Gasteiger partial charge in [-0.15, -0.1) is 0 Å². The van der Waals surface area contributed by atoms with Crippen molar-refractivity contribution in [2.45, 2.75) is 19.4 Å². The van der Waals surface area contributed by atoms with Crippen molar-refractivity contribution >= 4 is 11.6 Å². The molecular formula is C20H26N6O. The quantitative estimate of drug-likeness (QED) is 0.645. The zero-order valence-corrected chi connectivity index (χ0v) is 15.3. The van der Waals surface area contributed by atoms with Crippen LogP contribution in [0.25, 0.3) is 5.70 Å². The smallest absolute Gasteiger partial charge is 0.251 e. The summed E-state index contributed by atoms with van der Waals surface area (Å²) in [7, 11) is 0. The van der Waals surface area contributed by atoms with Crippen molar-refractivity contribution in [3.8, 4) is 0 Å². The van der Waals surface area contributed by atoms with Gasteiger partial charge in [0.25, 0.3) is 5.91 Å². The van der Waals surface area contributed by atoms with E-state index in [4.69, 9.17) is 11.5 Å². The Morgan fingerprint density at radius 1 is 1.15 bits per heavy atom. The van der Waals surface area contributed by atoms with Crippen molar-refractivity contribution in [1.29, 1.82) is 0 Å². The number of rotatable bonds is 7. The van der Waals surface area contributed by atoms with Crippen LogP contribution in [0.1, 0.15) is 28.8 Å². The van der Waals surface area contributed by atoms with Crippen LogP contribution in [0.4, 0.5) is 0 Å². The second kappa shape index (κ2) is 8.93. The van der Waals surface area contributed by atoms with Gasteiger partial charge in [-0.25, -0.2) is 0 Å². The van der Waals surface area contributed by atoms with Crippen LogP contribution in [0, 0.1) is 0 Å². The second-order valence-electron chi connectivity index (χ2n) is 6.51. The van der Waals surface area contributed by atoms with Gasteiger partial charge in [0.15, 0.2) is 0 Å². The van der Waals surface area contributed by atoms with E-state index < -0.39 is 0 Å². The lowest BCUT2D eigenvalue weighted by molar-refractivity contribution is 0.0952. The van der Waals surface area contributed by atoms with Crippen molar-refractivity contribution in [1.82, 2.24) is 20.0 Å². The number of likely N-dealkylation sites (tertiary alicyclic amines) is 1. The molecule has 1 fully saturated rings. The van der Waals surface area contributed by atoms with Crippen LogP contribution >= 0.6 is 0 Å². The average molecular weight is 366 g/mol. The number of aromatic nitrogens is 2. The molecule has 0 radical (unpaired) electrons. The Balaban J connectivity index is 1.60. The number of allylic oxidation sites excluding steroid dienone is 2. The third kappa shape index (κ3) is 5.13. The van der Waals surface area contributed by atoms with Crippen molar-refractivity contribution in [2.24, 2.45) is 11.5 Å². The minimum Gasteiger partial charge on any atom is -0.398 e. The molecule has 2 heterocycles. The second-order valence-corrected chi connectivity index (χ2v) is 6.51. The fraction of sp³-hybridized carbons (Fsp3) is 0.300. The fourth-order valence-electron chi connectivity index (χ4n) is 3.01. The SMILES string of the molecule is N/C(=C\C=C(/N)N1CCCC1)c1cccc(C(=O)NCCn2cccn2)c1. The van der Waals surface area contributed by atoms with Crippen molar-refractivity contribution < 1.29 is 4.79 Å². The number of nitrogens with zero attached hydrogens (tertiary/aromatic N) is 3. The third-order valence-corrected chi connectivity index (χ3v) is 4.55. The van der Waals surface area contributed by atoms with Gasteiger partial charge in [0.2, 0.25) is 0 Å². The van der Waals surface area contributed by atoms with E-state index in [-0.39, 0.29) is 5.91 Å². The monoisotopic (exact) mass is 366 g/mol. The van der Waals surface area contributed by atoms with E-state index in [0.29, 0.717) is 24.4 Å². The number of hydrogen-bond donors (Lipinski definition) is 3. The molecule has 0 atom stereocenters. The Morgan fingerprint density at radius 3 is 2.67 bits per heavy atom. The van der Waals surface area contributed by atoms with Gasteiger partial charge < -0.3 is 21.7 Å². The Labute approximate surface area is 159 Å². The largest absolute Gasteiger partial charge is 0.398 e. The van der Waals surface area contributed by atoms with Gasteiger partial charge in [-0.05, 0) is 48.8 Å². The summed E-state index contributed by atoms with van der Waals surface area (Å²) in [5, 5.41) is 7.00. The molecule has 0 saturated carbocycles. The van der Waals surface area contributed by atoms with E-state index >= 15 is 0 Å². The van der Waals surface area contributed by atoms with Crippen LogP contribution in [-0.4, -0.2) is 40.2 Å². The predicted molar refractivity (Wildman–Crippen MR) is 106 cm³/mol. The third-order valence-electron chi connectivity index (χ3n) is 4.55. The summed E-state index contributed by atoms with van der Waals surface area (Å²) in [5.74, 6) is 0.590. The first kappa shape index (κ1) is 18.6. The summed E-state index contributed by atoms with van der Waals surface area (Å²) < 4.78 is 1.77. The number of nitrogens with two attached hydrogens (primary N) is 2. The van der Waals surface area contributed by atoms with Gasteiger partial charge >= 0.3 is 0 Å². The topological polar surface area (TPSA) is 102 Å². The van der Waals surface area contributed by atoms with Crippen LogP contribution in [0.3, 0.4) is 0 Å². The van der Waals surface area contributed by atoms with Gasteiger partial charge in [-0.1, -0.05) is 12.1 Å². The highest BCUT2D eigenvalue weighted by molar-refractivity contribution is 5.95. The molecule has 1 aromatic heterocycles. The van der Waals surface area contributed by atoms with E-state index in [0.717, 1.165) is 24.5 Å². The Bertz CT molecular complexity index is 819. The summed E-state index contributed by atoms with van der Waals surface area (Å²) in [6.45, 7) is 3.11. The Kier molecular flexibility index (Phi) is 6.14. The van der Waals surface area contributed by atoms with Gasteiger partial charge in [-0.2, -0.15) is 5.10 Å². The highest BCUT2D eigenvalue weighted by Gasteiger charge is 2.11. The van der Waals surface area contributed by atoms with Crippen LogP contribution in [0.15, 0.2) is 60.7 Å². The highest BCUT2D eigenvalue weighted by Crippen LogP contribution is 2.14. The molecule has 142 valence electrons. The Morgan fingerprint density at radius 2 is 1.93 bits per heavy atom. The molecule has 0 spiro atoms. The molecule has 2 aromatic rings. The molecule has 0 bridgehead atoms. The summed E-state index contributed by atoms with van der Waals surface area (Å²) in [4.78, 5) is 14.5. The molecule has 0 aliphatic carbocycles. The van der Waals surface area contributed by atoms with Crippen LogP contribution < -0.4 is 16.8 Å². The normalized spacial score (nSPS) is 15.2. The van der Waals surface area contributed by atoms with Gasteiger partial charge in [0.1, 0.15) is 0 Å². The van der Waals surface area contributed by atoms with Crippen LogP contribution in [0.2, 0.25) is 0 Å². The molecule has 1 aromatic carbocycles. The van der Waals surface area contributed by atoms with Crippen molar-refractivity contribution in [3.63, 3.8) is 0 Å². The molecule has 1 aliphatic heterocycles. The molecular weight excluding hydrogens is 340 g/mol. The first-order valence-corrected chi connectivity index (χ1v) is 9.17. The lowest BCUT2D eigenvalue weighted by Gasteiger charge is -2.16. The number of hydrogen-bond acceptors (Lipinski definition) is 5. The number of carbonyl (C=O) groups is 1. The van der Waals surface area contributed by atoms with E-state index in [2.05, 4.69) is 15.3 Å². The first-order valence-electron chi connectivity index (χ1n) is 9.17. The summed E-state index contributed by atoms with van der Waals surface area (Å²) in [6.07, 6.45) is 9.54. The van der Waals surface area contributed by atoms with Crippen molar-refractivity contribution in [2.75, 3.05) is 19.6 Å². The molecule has 1 saturated heterocycles. The standard InChI is InChI=1S/C20H26N6O/c21-18(7-8-19(22)25-11-1-2-12-25)16-5-3-6-17(15-16)20(27)23-10-14-26-13-4-9-24-26/h3-9,13,15H,1-2,10-12,14,21-22H2,(H,23,27)/b18-7-,19-8+. The van der Waals surface area contributed by atoms with E-state index in [9.17, 15) is 4.79 Å². The maximum atomic E-state index is 12.3. The highest BCUT2D eigenvalue weighted by atomic mass is 16.1. The first-order chi connectivity index (χ1) is 13.1. The lowest BCUT2D eigenvalue weighted by atomic mass is 10.1. The minimum absolute atomic E-state index is 0.135. The zero-order valence-electron chi connectivity index (χ0n) is 15.3. The summed E-state index contributed by atoms with van der Waals surface area (Å²) in [5.41, 5.74) is 14.2. The lowest BCUT2D eigenvalue weighted by Crippen LogP contribution is -2.27. The van der Waals surface area contributed by atoms with Crippen LogP contribution in [-0.2, 0) is 6.54 Å².